The summed E-state index contributed by atoms with van der Waals surface area (Å²) in [4.78, 5) is 19.6. The van der Waals surface area contributed by atoms with E-state index in [4.69, 9.17) is 5.11 Å². The first kappa shape index (κ1) is 13.7. The van der Waals surface area contributed by atoms with Crippen molar-refractivity contribution in [2.45, 2.75) is 27.2 Å². The van der Waals surface area contributed by atoms with Gasteiger partial charge in [0, 0.05) is 11.3 Å². The highest BCUT2D eigenvalue weighted by molar-refractivity contribution is 7.17. The molecule has 3 rings (SSSR count). The van der Waals surface area contributed by atoms with Gasteiger partial charge in [-0.25, -0.2) is 14.6 Å². The van der Waals surface area contributed by atoms with Crippen LogP contribution in [0.25, 0.3) is 16.0 Å². The summed E-state index contributed by atoms with van der Waals surface area (Å²) in [6.45, 7) is 5.69. The fourth-order valence-corrected chi connectivity index (χ4v) is 3.37. The summed E-state index contributed by atoms with van der Waals surface area (Å²) in [6, 6.07) is 0. The summed E-state index contributed by atoms with van der Waals surface area (Å²) in [5.41, 5.74) is 4.28. The monoisotopic (exact) mass is 302 g/mol. The van der Waals surface area contributed by atoms with Crippen LogP contribution in [0.2, 0.25) is 0 Å². The fourth-order valence-electron chi connectivity index (χ4n) is 2.40. The molecule has 0 spiro atoms. The topological polar surface area (TPSA) is 80.9 Å². The Bertz CT molecular complexity index is 850. The molecule has 0 saturated heterocycles. The molecule has 3 heterocycles. The number of aromatic nitrogens is 4. The molecule has 1 N–H and O–H groups in total. The fraction of sp³-hybridized carbons (Fsp3) is 0.286. The lowest BCUT2D eigenvalue weighted by Crippen LogP contribution is -2.05. The number of carboxylic acid groups (broad SMARTS) is 1. The lowest BCUT2D eigenvalue weighted by atomic mass is 10.1. The second-order valence-corrected chi connectivity index (χ2v) is 5.81. The van der Waals surface area contributed by atoms with Gasteiger partial charge >= 0.3 is 5.97 Å². The van der Waals surface area contributed by atoms with E-state index >= 15 is 0 Å². The number of carbonyl (C=O) groups is 1. The third-order valence-electron chi connectivity index (χ3n) is 3.48. The van der Waals surface area contributed by atoms with Crippen molar-refractivity contribution in [2.75, 3.05) is 0 Å². The maximum absolute atomic E-state index is 11.0. The summed E-state index contributed by atoms with van der Waals surface area (Å²) in [5, 5.41) is 15.5. The molecule has 0 aromatic carbocycles. The van der Waals surface area contributed by atoms with Crippen molar-refractivity contribution in [1.82, 2.24) is 19.7 Å². The predicted molar refractivity (Wildman–Crippen MR) is 80.1 cm³/mol. The van der Waals surface area contributed by atoms with Crippen molar-refractivity contribution < 1.29 is 9.90 Å². The molecule has 0 aliphatic rings. The maximum Gasteiger partial charge on any atom is 0.307 e. The van der Waals surface area contributed by atoms with Crippen LogP contribution in [-0.2, 0) is 11.2 Å². The molecule has 0 atom stereocenters. The normalized spacial score (nSPS) is 11.2. The standard InChI is InChI=1S/C14H14N4O2S/c1-7-5-21-13-12(7)15-6-16-14(13)18-9(3)10(4-11(19)20)8(2)17-18/h5-6H,4H2,1-3H3,(H,19,20). The zero-order valence-electron chi connectivity index (χ0n) is 11.9. The number of hydrogen-bond acceptors (Lipinski definition) is 5. The number of aryl methyl sites for hydroxylation is 2. The SMILES string of the molecule is Cc1nn(-c2ncnc3c(C)csc23)c(C)c1CC(=O)O. The van der Waals surface area contributed by atoms with Gasteiger partial charge in [0.2, 0.25) is 0 Å². The zero-order chi connectivity index (χ0) is 15.1. The summed E-state index contributed by atoms with van der Waals surface area (Å²) in [7, 11) is 0. The van der Waals surface area contributed by atoms with Gasteiger partial charge in [0.05, 0.1) is 22.3 Å². The Morgan fingerprint density at radius 3 is 2.81 bits per heavy atom. The van der Waals surface area contributed by atoms with Crippen molar-refractivity contribution in [3.05, 3.63) is 34.2 Å². The van der Waals surface area contributed by atoms with Gasteiger partial charge in [-0.15, -0.1) is 11.3 Å². The van der Waals surface area contributed by atoms with E-state index in [1.165, 1.54) is 6.33 Å². The largest absolute Gasteiger partial charge is 0.481 e. The van der Waals surface area contributed by atoms with Crippen LogP contribution in [0.5, 0.6) is 0 Å². The Kier molecular flexibility index (Phi) is 3.21. The van der Waals surface area contributed by atoms with E-state index < -0.39 is 5.97 Å². The van der Waals surface area contributed by atoms with Gasteiger partial charge in [-0.1, -0.05) is 0 Å². The Balaban J connectivity index is 2.22. The van der Waals surface area contributed by atoms with Crippen LogP contribution >= 0.6 is 11.3 Å². The van der Waals surface area contributed by atoms with Gasteiger partial charge in [-0.3, -0.25) is 4.79 Å². The van der Waals surface area contributed by atoms with Gasteiger partial charge in [-0.05, 0) is 31.7 Å². The first-order valence-corrected chi connectivity index (χ1v) is 7.33. The quantitative estimate of drug-likeness (QED) is 0.803. The first-order chi connectivity index (χ1) is 9.99. The number of hydrogen-bond donors (Lipinski definition) is 1. The van der Waals surface area contributed by atoms with E-state index in [-0.39, 0.29) is 6.42 Å². The van der Waals surface area contributed by atoms with Gasteiger partial charge < -0.3 is 5.11 Å². The Labute approximate surface area is 125 Å². The van der Waals surface area contributed by atoms with Crippen molar-refractivity contribution >= 4 is 27.5 Å². The average Bonchev–Trinajstić information content (AvgIpc) is 2.94. The highest BCUT2D eigenvalue weighted by Gasteiger charge is 2.18. The predicted octanol–water partition coefficient (Wildman–Crippen LogP) is 2.43. The Morgan fingerprint density at radius 1 is 1.33 bits per heavy atom. The van der Waals surface area contributed by atoms with E-state index in [0.29, 0.717) is 5.82 Å². The highest BCUT2D eigenvalue weighted by Crippen LogP contribution is 2.29. The zero-order valence-corrected chi connectivity index (χ0v) is 12.7. The number of rotatable bonds is 3. The lowest BCUT2D eigenvalue weighted by molar-refractivity contribution is -0.136. The number of aliphatic carboxylic acids is 1. The van der Waals surface area contributed by atoms with E-state index in [9.17, 15) is 4.79 Å². The molecule has 0 fully saturated rings. The van der Waals surface area contributed by atoms with Crippen molar-refractivity contribution in [2.24, 2.45) is 0 Å². The van der Waals surface area contributed by atoms with Crippen molar-refractivity contribution in [1.29, 1.82) is 0 Å². The van der Waals surface area contributed by atoms with Crippen LogP contribution < -0.4 is 0 Å². The number of thiophene rings is 1. The van der Waals surface area contributed by atoms with Crippen LogP contribution in [-0.4, -0.2) is 30.8 Å². The van der Waals surface area contributed by atoms with Crippen LogP contribution in [0.15, 0.2) is 11.7 Å². The second-order valence-electron chi connectivity index (χ2n) is 4.93. The molecule has 0 unspecified atom stereocenters. The summed E-state index contributed by atoms with van der Waals surface area (Å²) in [5.74, 6) is -0.157. The molecular formula is C14H14N4O2S. The Hall–Kier alpha value is -2.28. The van der Waals surface area contributed by atoms with Gasteiger partial charge in [0.25, 0.3) is 0 Å². The third-order valence-corrected chi connectivity index (χ3v) is 4.56. The molecule has 7 heteroatoms. The van der Waals surface area contributed by atoms with Crippen LogP contribution in [0.1, 0.15) is 22.5 Å². The molecule has 21 heavy (non-hydrogen) atoms. The summed E-state index contributed by atoms with van der Waals surface area (Å²) in [6.07, 6.45) is 1.49. The minimum Gasteiger partial charge on any atom is -0.481 e. The smallest absolute Gasteiger partial charge is 0.307 e. The van der Waals surface area contributed by atoms with Crippen LogP contribution in [0.4, 0.5) is 0 Å². The summed E-state index contributed by atoms with van der Waals surface area (Å²) >= 11 is 1.57. The molecule has 108 valence electrons. The van der Waals surface area contributed by atoms with Crippen LogP contribution in [0.3, 0.4) is 0 Å². The minimum atomic E-state index is -0.861. The number of carboxylic acids is 1. The van der Waals surface area contributed by atoms with E-state index in [2.05, 4.69) is 15.1 Å². The maximum atomic E-state index is 11.0. The molecule has 3 aromatic heterocycles. The molecule has 6 nitrogen and oxygen atoms in total. The molecule has 0 bridgehead atoms. The molecule has 0 aliphatic heterocycles. The molecule has 0 aliphatic carbocycles. The van der Waals surface area contributed by atoms with E-state index in [0.717, 1.165) is 32.7 Å². The van der Waals surface area contributed by atoms with Gasteiger partial charge in [-0.2, -0.15) is 5.10 Å². The lowest BCUT2D eigenvalue weighted by Gasteiger charge is -2.05. The molecule has 3 aromatic rings. The minimum absolute atomic E-state index is 0.0324. The molecule has 0 saturated carbocycles. The number of fused-ring (bicyclic) bond motifs is 1. The first-order valence-electron chi connectivity index (χ1n) is 6.45. The van der Waals surface area contributed by atoms with Gasteiger partial charge in [0.15, 0.2) is 5.82 Å². The van der Waals surface area contributed by atoms with Crippen molar-refractivity contribution in [3.63, 3.8) is 0 Å². The van der Waals surface area contributed by atoms with E-state index in [1.807, 2.05) is 26.2 Å². The van der Waals surface area contributed by atoms with Crippen molar-refractivity contribution in [3.8, 4) is 5.82 Å². The molecular weight excluding hydrogens is 288 g/mol. The summed E-state index contributed by atoms with van der Waals surface area (Å²) < 4.78 is 2.68. The average molecular weight is 302 g/mol. The second kappa shape index (κ2) is 4.92. The Morgan fingerprint density at radius 2 is 2.10 bits per heavy atom. The van der Waals surface area contributed by atoms with Gasteiger partial charge in [0.1, 0.15) is 6.33 Å². The van der Waals surface area contributed by atoms with Crippen LogP contribution in [0, 0.1) is 20.8 Å². The van der Waals surface area contributed by atoms with E-state index in [1.54, 1.807) is 16.0 Å². The molecule has 0 radical (unpaired) electrons. The highest BCUT2D eigenvalue weighted by atomic mass is 32.1. The third kappa shape index (κ3) is 2.19. The molecule has 0 amide bonds. The number of nitrogens with zero attached hydrogens (tertiary/aromatic N) is 4.